The van der Waals surface area contributed by atoms with Crippen LogP contribution < -0.4 is 21.3 Å². The molecule has 4 aliphatic rings. The van der Waals surface area contributed by atoms with Crippen LogP contribution in [0.4, 0.5) is 23.0 Å². The first-order chi connectivity index (χ1) is 20.1. The third-order valence-corrected chi connectivity index (χ3v) is 10.2. The standard InChI is InChI=1S/C30H45ClN8O2/c31-25-20-34-28-26(27(32)36-39(28)30(25)12-6-4-2-1-3-5-7-13-30)29(40)35-23-19-33-14-9-24(23)37-16-10-22(11-17-37)38-15-8-18-41-21-38/h9,14,19,22,25,34H,1-8,10-13,15-18,20-21H2,(H2,32,36)(H,35,40). The van der Waals surface area contributed by atoms with Gasteiger partial charge in [-0.15, -0.1) is 11.6 Å². The second kappa shape index (κ2) is 12.8. The van der Waals surface area contributed by atoms with Crippen molar-refractivity contribution in [2.24, 2.45) is 0 Å². The van der Waals surface area contributed by atoms with Gasteiger partial charge in [0, 0.05) is 45.0 Å². The van der Waals surface area contributed by atoms with Crippen LogP contribution in [0.3, 0.4) is 0 Å². The third kappa shape index (κ3) is 5.88. The number of carbonyl (C=O) groups excluding carboxylic acids is 1. The van der Waals surface area contributed by atoms with Crippen LogP contribution in [0, 0.1) is 0 Å². The fourth-order valence-corrected chi connectivity index (χ4v) is 7.76. The molecule has 3 aliphatic heterocycles. The van der Waals surface area contributed by atoms with Gasteiger partial charge in [-0.05, 0) is 38.2 Å². The van der Waals surface area contributed by atoms with Crippen molar-refractivity contribution in [2.45, 2.75) is 94.0 Å². The Hall–Kier alpha value is -2.56. The lowest BCUT2D eigenvalue weighted by Gasteiger charge is -2.43. The molecule has 2 aromatic rings. The monoisotopic (exact) mass is 584 g/mol. The number of ether oxygens (including phenoxy) is 1. The highest BCUT2D eigenvalue weighted by atomic mass is 35.5. The molecule has 2 saturated heterocycles. The molecule has 1 aliphatic carbocycles. The first kappa shape index (κ1) is 28.6. The molecule has 1 saturated carbocycles. The van der Waals surface area contributed by atoms with E-state index in [9.17, 15) is 4.79 Å². The van der Waals surface area contributed by atoms with Gasteiger partial charge in [-0.2, -0.15) is 5.10 Å². The molecule has 0 radical (unpaired) electrons. The number of nitrogens with one attached hydrogen (secondary N) is 2. The number of alkyl halides is 1. The number of nitrogens with two attached hydrogens (primary N) is 1. The number of carbonyl (C=O) groups is 1. The number of piperidine rings is 1. The number of hydrogen-bond donors (Lipinski definition) is 3. The quantitative estimate of drug-likeness (QED) is 0.430. The first-order valence-electron chi connectivity index (χ1n) is 15.7. The summed E-state index contributed by atoms with van der Waals surface area (Å²) in [4.78, 5) is 23.0. The lowest BCUT2D eigenvalue weighted by atomic mass is 9.81. The second-order valence-electron chi connectivity index (χ2n) is 12.2. The van der Waals surface area contributed by atoms with E-state index < -0.39 is 0 Å². The topological polar surface area (TPSA) is 114 Å². The van der Waals surface area contributed by atoms with Crippen molar-refractivity contribution in [3.05, 3.63) is 24.0 Å². The number of halogens is 1. The molecule has 1 atom stereocenters. The maximum absolute atomic E-state index is 13.9. The fraction of sp³-hybridized carbons (Fsp3) is 0.700. The van der Waals surface area contributed by atoms with Crippen LogP contribution in [-0.2, 0) is 10.3 Å². The van der Waals surface area contributed by atoms with Gasteiger partial charge in [0.2, 0.25) is 0 Å². The zero-order valence-electron chi connectivity index (χ0n) is 24.1. The summed E-state index contributed by atoms with van der Waals surface area (Å²) in [5, 5.41) is 11.2. The van der Waals surface area contributed by atoms with Crippen LogP contribution in [0.15, 0.2) is 18.5 Å². The maximum Gasteiger partial charge on any atom is 0.263 e. The third-order valence-electron chi connectivity index (χ3n) is 9.67. The number of amides is 1. The Morgan fingerprint density at radius 1 is 1.07 bits per heavy atom. The van der Waals surface area contributed by atoms with Crippen molar-refractivity contribution >= 4 is 40.5 Å². The average Bonchev–Trinajstić information content (AvgIpc) is 3.36. The van der Waals surface area contributed by atoms with Gasteiger partial charge in [0.15, 0.2) is 5.82 Å². The van der Waals surface area contributed by atoms with Crippen LogP contribution in [0.2, 0.25) is 0 Å². The zero-order valence-corrected chi connectivity index (χ0v) is 24.9. The van der Waals surface area contributed by atoms with E-state index in [-0.39, 0.29) is 22.6 Å². The van der Waals surface area contributed by atoms with E-state index in [4.69, 9.17) is 27.2 Å². The van der Waals surface area contributed by atoms with Gasteiger partial charge in [0.05, 0.1) is 35.2 Å². The maximum atomic E-state index is 13.9. The summed E-state index contributed by atoms with van der Waals surface area (Å²) in [5.74, 6) is 0.653. The normalized spacial score (nSPS) is 24.4. The Kier molecular flexibility index (Phi) is 8.88. The molecular weight excluding hydrogens is 540 g/mol. The van der Waals surface area contributed by atoms with Crippen molar-refractivity contribution in [3.8, 4) is 0 Å². The van der Waals surface area contributed by atoms with Gasteiger partial charge >= 0.3 is 0 Å². The van der Waals surface area contributed by atoms with E-state index in [2.05, 4.69) is 25.4 Å². The highest BCUT2D eigenvalue weighted by molar-refractivity contribution is 6.22. The SMILES string of the molecule is Nc1nn2c(c1C(=O)Nc1cnccc1N1CCC(N3CCCOC3)CC1)NCC(Cl)C21CCCCCCCCC1. The van der Waals surface area contributed by atoms with Gasteiger partial charge < -0.3 is 26.0 Å². The van der Waals surface area contributed by atoms with Crippen molar-refractivity contribution in [2.75, 3.05) is 60.8 Å². The summed E-state index contributed by atoms with van der Waals surface area (Å²) in [5.41, 5.74) is 8.22. The second-order valence-corrected chi connectivity index (χ2v) is 12.7. The minimum atomic E-state index is -0.338. The predicted octanol–water partition coefficient (Wildman–Crippen LogP) is 5.01. The minimum Gasteiger partial charge on any atom is -0.381 e. The fourth-order valence-electron chi connectivity index (χ4n) is 7.37. The molecule has 1 amide bonds. The Morgan fingerprint density at radius 2 is 1.80 bits per heavy atom. The van der Waals surface area contributed by atoms with Crippen molar-refractivity contribution < 1.29 is 9.53 Å². The molecule has 2 aromatic heterocycles. The number of pyridine rings is 1. The van der Waals surface area contributed by atoms with E-state index >= 15 is 0 Å². The van der Waals surface area contributed by atoms with E-state index in [1.165, 1.54) is 32.1 Å². The van der Waals surface area contributed by atoms with Crippen LogP contribution >= 0.6 is 11.6 Å². The molecule has 41 heavy (non-hydrogen) atoms. The van der Waals surface area contributed by atoms with E-state index in [0.717, 1.165) is 83.6 Å². The number of rotatable bonds is 4. The molecule has 224 valence electrons. The minimum absolute atomic E-state index is 0.117. The summed E-state index contributed by atoms with van der Waals surface area (Å²) >= 11 is 7.05. The Balaban J connectivity index is 1.20. The summed E-state index contributed by atoms with van der Waals surface area (Å²) in [6.45, 7) is 5.13. The lowest BCUT2D eigenvalue weighted by molar-refractivity contribution is -0.0402. The largest absolute Gasteiger partial charge is 0.381 e. The number of nitrogen functional groups attached to an aromatic ring is 1. The van der Waals surface area contributed by atoms with Crippen LogP contribution in [0.25, 0.3) is 0 Å². The molecule has 5 heterocycles. The number of anilines is 4. The highest BCUT2D eigenvalue weighted by Gasteiger charge is 2.46. The molecule has 6 rings (SSSR count). The number of hydrogen-bond acceptors (Lipinski definition) is 8. The van der Waals surface area contributed by atoms with Gasteiger partial charge in [0.1, 0.15) is 11.4 Å². The lowest BCUT2D eigenvalue weighted by Crippen LogP contribution is -2.50. The summed E-state index contributed by atoms with van der Waals surface area (Å²) < 4.78 is 7.66. The molecule has 4 N–H and O–H groups in total. The smallest absolute Gasteiger partial charge is 0.263 e. The molecule has 1 spiro atoms. The molecule has 10 nitrogen and oxygen atoms in total. The molecular formula is C30H45ClN8O2. The number of nitrogens with zero attached hydrogens (tertiary/aromatic N) is 5. The molecule has 1 unspecified atom stereocenters. The van der Waals surface area contributed by atoms with E-state index in [0.29, 0.717) is 29.7 Å². The Bertz CT molecular complexity index is 1180. The van der Waals surface area contributed by atoms with Gasteiger partial charge in [0.25, 0.3) is 5.91 Å². The molecule has 0 aromatic carbocycles. The van der Waals surface area contributed by atoms with Gasteiger partial charge in [-0.1, -0.05) is 44.9 Å². The van der Waals surface area contributed by atoms with E-state index in [1.807, 2.05) is 10.7 Å². The van der Waals surface area contributed by atoms with Crippen LogP contribution in [0.5, 0.6) is 0 Å². The number of fused-ring (bicyclic) bond motifs is 2. The average molecular weight is 585 g/mol. The van der Waals surface area contributed by atoms with Crippen LogP contribution in [-0.4, -0.2) is 76.5 Å². The molecule has 3 fully saturated rings. The van der Waals surface area contributed by atoms with Gasteiger partial charge in [-0.3, -0.25) is 14.7 Å². The predicted molar refractivity (Wildman–Crippen MR) is 164 cm³/mol. The van der Waals surface area contributed by atoms with Crippen LogP contribution in [0.1, 0.15) is 87.4 Å². The van der Waals surface area contributed by atoms with Crippen molar-refractivity contribution in [1.82, 2.24) is 19.7 Å². The van der Waals surface area contributed by atoms with E-state index in [1.54, 1.807) is 12.4 Å². The summed E-state index contributed by atoms with van der Waals surface area (Å²) in [6, 6.07) is 2.53. The number of aromatic nitrogens is 3. The van der Waals surface area contributed by atoms with Crippen molar-refractivity contribution in [3.63, 3.8) is 0 Å². The Labute approximate surface area is 248 Å². The molecule has 11 heteroatoms. The highest BCUT2D eigenvalue weighted by Crippen LogP contribution is 2.44. The van der Waals surface area contributed by atoms with Gasteiger partial charge in [-0.25, -0.2) is 4.68 Å². The van der Waals surface area contributed by atoms with Crippen molar-refractivity contribution in [1.29, 1.82) is 0 Å². The zero-order chi connectivity index (χ0) is 28.2. The molecule has 0 bridgehead atoms. The summed E-state index contributed by atoms with van der Waals surface area (Å²) in [6.07, 6.45) is 17.1. The first-order valence-corrected chi connectivity index (χ1v) is 16.1. The Morgan fingerprint density at radius 3 is 2.51 bits per heavy atom. The summed E-state index contributed by atoms with van der Waals surface area (Å²) in [7, 11) is 0.